The van der Waals surface area contributed by atoms with E-state index in [0.29, 0.717) is 16.4 Å². The predicted molar refractivity (Wildman–Crippen MR) is 103 cm³/mol. The fraction of sp³-hybridized carbons (Fsp3) is 0.278. The smallest absolute Gasteiger partial charge is 0.247 e. The van der Waals surface area contributed by atoms with Crippen LogP contribution in [0.25, 0.3) is 0 Å². The monoisotopic (exact) mass is 380 g/mol. The SMILES string of the molecule is Cc1cccc(N([C@@H](C)C(=O)Nc2ccc(C)c(Cl)c2)S(C)(=O)=O)c1. The van der Waals surface area contributed by atoms with Gasteiger partial charge in [-0.3, -0.25) is 9.10 Å². The maximum atomic E-state index is 12.6. The van der Waals surface area contributed by atoms with Crippen LogP contribution in [0, 0.1) is 13.8 Å². The number of benzene rings is 2. The van der Waals surface area contributed by atoms with Crippen molar-refractivity contribution in [3.63, 3.8) is 0 Å². The second kappa shape index (κ2) is 7.45. The predicted octanol–water partition coefficient (Wildman–Crippen LogP) is 3.75. The van der Waals surface area contributed by atoms with Gasteiger partial charge in [0, 0.05) is 10.7 Å². The molecule has 1 atom stereocenters. The number of hydrogen-bond acceptors (Lipinski definition) is 3. The summed E-state index contributed by atoms with van der Waals surface area (Å²) in [5.74, 6) is -0.438. The van der Waals surface area contributed by atoms with E-state index in [9.17, 15) is 13.2 Å². The summed E-state index contributed by atoms with van der Waals surface area (Å²) >= 11 is 6.07. The Kier molecular flexibility index (Phi) is 5.75. The number of nitrogens with one attached hydrogen (secondary N) is 1. The molecule has 2 rings (SSSR count). The zero-order valence-corrected chi connectivity index (χ0v) is 16.1. The number of aryl methyl sites for hydroxylation is 2. The number of amides is 1. The normalized spacial score (nSPS) is 12.5. The number of nitrogens with zero attached hydrogens (tertiary/aromatic N) is 1. The first-order valence-corrected chi connectivity index (χ1v) is 9.95. The molecule has 2 aromatic carbocycles. The average molecular weight is 381 g/mol. The zero-order valence-electron chi connectivity index (χ0n) is 14.6. The van der Waals surface area contributed by atoms with E-state index in [1.54, 1.807) is 43.3 Å². The highest BCUT2D eigenvalue weighted by Crippen LogP contribution is 2.24. The van der Waals surface area contributed by atoms with Gasteiger partial charge in [-0.1, -0.05) is 29.8 Å². The van der Waals surface area contributed by atoms with Gasteiger partial charge in [-0.15, -0.1) is 0 Å². The van der Waals surface area contributed by atoms with E-state index in [1.165, 1.54) is 0 Å². The summed E-state index contributed by atoms with van der Waals surface area (Å²) in [6.45, 7) is 5.28. The Morgan fingerprint density at radius 3 is 2.40 bits per heavy atom. The van der Waals surface area contributed by atoms with Gasteiger partial charge in [-0.2, -0.15) is 0 Å². The second-order valence-corrected chi connectivity index (χ2v) is 8.29. The second-order valence-electron chi connectivity index (χ2n) is 6.03. The molecular formula is C18H21ClN2O3S. The van der Waals surface area contributed by atoms with Gasteiger partial charge in [0.25, 0.3) is 0 Å². The molecular weight excluding hydrogens is 360 g/mol. The van der Waals surface area contributed by atoms with Gasteiger partial charge in [0.15, 0.2) is 0 Å². The average Bonchev–Trinajstić information content (AvgIpc) is 2.49. The van der Waals surface area contributed by atoms with Crippen molar-refractivity contribution in [2.75, 3.05) is 15.9 Å². The Morgan fingerprint density at radius 1 is 1.16 bits per heavy atom. The maximum absolute atomic E-state index is 12.6. The largest absolute Gasteiger partial charge is 0.324 e. The van der Waals surface area contributed by atoms with Gasteiger partial charge in [0.05, 0.1) is 11.9 Å². The Labute approximate surface area is 153 Å². The lowest BCUT2D eigenvalue weighted by Crippen LogP contribution is -2.45. The van der Waals surface area contributed by atoms with Crippen molar-refractivity contribution in [2.45, 2.75) is 26.8 Å². The van der Waals surface area contributed by atoms with Crippen LogP contribution in [-0.4, -0.2) is 26.6 Å². The Balaban J connectivity index is 2.31. The number of carbonyl (C=O) groups is 1. The lowest BCUT2D eigenvalue weighted by Gasteiger charge is -2.28. The maximum Gasteiger partial charge on any atom is 0.247 e. The third kappa shape index (κ3) is 4.74. The lowest BCUT2D eigenvalue weighted by atomic mass is 10.2. The molecule has 0 aliphatic carbocycles. The first-order chi connectivity index (χ1) is 11.6. The summed E-state index contributed by atoms with van der Waals surface area (Å²) < 4.78 is 25.6. The van der Waals surface area contributed by atoms with E-state index in [0.717, 1.165) is 21.7 Å². The highest BCUT2D eigenvalue weighted by atomic mass is 35.5. The summed E-state index contributed by atoms with van der Waals surface area (Å²) in [5.41, 5.74) is 2.77. The Bertz CT molecular complexity index is 897. The molecule has 0 saturated heterocycles. The fourth-order valence-electron chi connectivity index (χ4n) is 2.49. The molecule has 0 heterocycles. The van der Waals surface area contributed by atoms with Gasteiger partial charge in [-0.25, -0.2) is 8.42 Å². The minimum atomic E-state index is -3.64. The van der Waals surface area contributed by atoms with Crippen molar-refractivity contribution in [3.05, 3.63) is 58.6 Å². The van der Waals surface area contributed by atoms with E-state index < -0.39 is 22.0 Å². The number of carbonyl (C=O) groups excluding carboxylic acids is 1. The highest BCUT2D eigenvalue weighted by Gasteiger charge is 2.29. The van der Waals surface area contributed by atoms with Crippen molar-refractivity contribution < 1.29 is 13.2 Å². The van der Waals surface area contributed by atoms with Crippen molar-refractivity contribution in [1.29, 1.82) is 0 Å². The van der Waals surface area contributed by atoms with Crippen molar-refractivity contribution in [2.24, 2.45) is 0 Å². The van der Waals surface area contributed by atoms with E-state index in [1.807, 2.05) is 19.9 Å². The molecule has 134 valence electrons. The molecule has 0 bridgehead atoms. The minimum absolute atomic E-state index is 0.438. The highest BCUT2D eigenvalue weighted by molar-refractivity contribution is 7.92. The zero-order chi connectivity index (χ0) is 18.8. The van der Waals surface area contributed by atoms with Crippen molar-refractivity contribution in [1.82, 2.24) is 0 Å². The molecule has 25 heavy (non-hydrogen) atoms. The summed E-state index contributed by atoms with van der Waals surface area (Å²) in [6.07, 6.45) is 1.09. The summed E-state index contributed by atoms with van der Waals surface area (Å²) in [4.78, 5) is 12.6. The molecule has 0 aliphatic rings. The number of rotatable bonds is 5. The quantitative estimate of drug-likeness (QED) is 0.858. The minimum Gasteiger partial charge on any atom is -0.324 e. The van der Waals surface area contributed by atoms with Gasteiger partial charge >= 0.3 is 0 Å². The van der Waals surface area contributed by atoms with Crippen LogP contribution >= 0.6 is 11.6 Å². The standard InChI is InChI=1S/C18H21ClN2O3S/c1-12-6-5-7-16(10-12)21(25(4,23)24)14(3)18(22)20-15-9-8-13(2)17(19)11-15/h5-11,14H,1-4H3,(H,20,22)/t14-/m0/s1. The van der Waals surface area contributed by atoms with Crippen molar-refractivity contribution in [3.8, 4) is 0 Å². The molecule has 1 amide bonds. The van der Waals surface area contributed by atoms with Gasteiger partial charge in [0.1, 0.15) is 6.04 Å². The van der Waals surface area contributed by atoms with E-state index >= 15 is 0 Å². The van der Waals surface area contributed by atoms with Crippen LogP contribution in [0.1, 0.15) is 18.1 Å². The molecule has 1 N–H and O–H groups in total. The van der Waals surface area contributed by atoms with Crippen LogP contribution in [0.4, 0.5) is 11.4 Å². The van der Waals surface area contributed by atoms with Crippen LogP contribution in [-0.2, 0) is 14.8 Å². The number of sulfonamides is 1. The molecule has 2 aromatic rings. The molecule has 0 saturated carbocycles. The summed E-state index contributed by atoms with van der Waals surface area (Å²) in [5, 5.41) is 3.25. The third-order valence-electron chi connectivity index (χ3n) is 3.78. The van der Waals surface area contributed by atoms with Gasteiger partial charge in [-0.05, 0) is 56.2 Å². The van der Waals surface area contributed by atoms with Crippen molar-refractivity contribution >= 4 is 38.9 Å². The van der Waals surface area contributed by atoms with Crippen LogP contribution in [0.5, 0.6) is 0 Å². The van der Waals surface area contributed by atoms with Gasteiger partial charge in [0.2, 0.25) is 15.9 Å². The molecule has 0 fully saturated rings. The van der Waals surface area contributed by atoms with Crippen LogP contribution in [0.15, 0.2) is 42.5 Å². The molecule has 7 heteroatoms. The van der Waals surface area contributed by atoms with Gasteiger partial charge < -0.3 is 5.32 Å². The topological polar surface area (TPSA) is 66.5 Å². The fourth-order valence-corrected chi connectivity index (χ4v) is 3.84. The van der Waals surface area contributed by atoms with E-state index in [4.69, 9.17) is 11.6 Å². The summed E-state index contributed by atoms with van der Waals surface area (Å²) in [6, 6.07) is 11.3. The molecule has 0 aromatic heterocycles. The molecule has 0 spiro atoms. The number of anilines is 2. The van der Waals surface area contributed by atoms with Crippen LogP contribution in [0.2, 0.25) is 5.02 Å². The van der Waals surface area contributed by atoms with E-state index in [-0.39, 0.29) is 0 Å². The summed E-state index contributed by atoms with van der Waals surface area (Å²) in [7, 11) is -3.64. The molecule has 0 unspecified atom stereocenters. The Hall–Kier alpha value is -2.05. The van der Waals surface area contributed by atoms with E-state index in [2.05, 4.69) is 5.32 Å². The molecule has 0 radical (unpaired) electrons. The molecule has 0 aliphatic heterocycles. The number of halogens is 1. The first kappa shape index (κ1) is 19.3. The number of hydrogen-bond donors (Lipinski definition) is 1. The molecule has 5 nitrogen and oxygen atoms in total. The first-order valence-electron chi connectivity index (χ1n) is 7.72. The van der Waals surface area contributed by atoms with Crippen LogP contribution in [0.3, 0.4) is 0 Å². The third-order valence-corrected chi connectivity index (χ3v) is 5.43. The lowest BCUT2D eigenvalue weighted by molar-refractivity contribution is -0.116. The Morgan fingerprint density at radius 2 is 1.84 bits per heavy atom. The van der Waals surface area contributed by atoms with Crippen LogP contribution < -0.4 is 9.62 Å².